The molecule has 1 N–H and O–H groups in total. The van der Waals surface area contributed by atoms with Gasteiger partial charge in [0, 0.05) is 26.7 Å². The first-order valence-electron chi connectivity index (χ1n) is 10.4. The largest absolute Gasteiger partial charge is 0.466 e. The van der Waals surface area contributed by atoms with Gasteiger partial charge in [-0.05, 0) is 31.9 Å². The van der Waals surface area contributed by atoms with Crippen LogP contribution in [0, 0.1) is 17.2 Å². The second-order valence-electron chi connectivity index (χ2n) is 7.28. The van der Waals surface area contributed by atoms with Gasteiger partial charge in [-0.2, -0.15) is 5.26 Å². The molecule has 164 valence electrons. The van der Waals surface area contributed by atoms with Gasteiger partial charge in [-0.1, -0.05) is 12.1 Å². The third-order valence-corrected chi connectivity index (χ3v) is 5.26. The van der Waals surface area contributed by atoms with E-state index >= 15 is 0 Å². The Balaban J connectivity index is 1.90. The minimum atomic E-state index is -1.10. The van der Waals surface area contributed by atoms with Crippen molar-refractivity contribution in [3.05, 3.63) is 30.0 Å². The van der Waals surface area contributed by atoms with E-state index in [-0.39, 0.29) is 11.9 Å². The van der Waals surface area contributed by atoms with Crippen LogP contribution in [0.4, 0.5) is 5.82 Å². The number of carbonyl (C=O) groups excluding carboxylic acids is 2. The summed E-state index contributed by atoms with van der Waals surface area (Å²) in [5.41, 5.74) is 1.63. The molecule has 0 radical (unpaired) electrons. The number of aromatic nitrogens is 2. The monoisotopic (exact) mass is 425 g/mol. The van der Waals surface area contributed by atoms with Crippen LogP contribution in [-0.2, 0) is 19.1 Å². The number of carbonyl (C=O) groups is 2. The second-order valence-corrected chi connectivity index (χ2v) is 7.28. The lowest BCUT2D eigenvalue weighted by Crippen LogP contribution is -2.39. The zero-order chi connectivity index (χ0) is 22.2. The van der Waals surface area contributed by atoms with E-state index in [4.69, 9.17) is 14.5 Å². The van der Waals surface area contributed by atoms with Gasteiger partial charge < -0.3 is 19.7 Å². The van der Waals surface area contributed by atoms with E-state index in [9.17, 15) is 14.9 Å². The molecule has 1 fully saturated rings. The van der Waals surface area contributed by atoms with Gasteiger partial charge in [0.1, 0.15) is 5.69 Å². The maximum absolute atomic E-state index is 12.7. The standard InChI is InChI=1S/C22H27N5O4/c1-3-31-22(29)15-8-11-27(12-9-15)20-19(16(14-23)21(28)24-10-13-30-2)25-17-6-4-5-7-18(17)26-20/h4-7,15-16H,3,8-13H2,1-2H3,(H,24,28)/t16-/m0/s1. The minimum absolute atomic E-state index is 0.155. The summed E-state index contributed by atoms with van der Waals surface area (Å²) >= 11 is 0. The van der Waals surface area contributed by atoms with E-state index < -0.39 is 11.8 Å². The fourth-order valence-corrected chi connectivity index (χ4v) is 3.64. The van der Waals surface area contributed by atoms with Crippen molar-refractivity contribution in [2.24, 2.45) is 5.92 Å². The zero-order valence-electron chi connectivity index (χ0n) is 17.8. The van der Waals surface area contributed by atoms with Gasteiger partial charge in [0.15, 0.2) is 11.7 Å². The van der Waals surface area contributed by atoms with Gasteiger partial charge in [-0.15, -0.1) is 0 Å². The fourth-order valence-electron chi connectivity index (χ4n) is 3.64. The number of nitriles is 1. The number of anilines is 1. The third kappa shape index (κ3) is 5.27. The number of methoxy groups -OCH3 is 1. The molecule has 1 aliphatic heterocycles. The summed E-state index contributed by atoms with van der Waals surface area (Å²) in [6.45, 7) is 3.93. The van der Waals surface area contributed by atoms with Crippen molar-refractivity contribution in [1.29, 1.82) is 5.26 Å². The van der Waals surface area contributed by atoms with Crippen LogP contribution in [0.2, 0.25) is 0 Å². The van der Waals surface area contributed by atoms with Crippen molar-refractivity contribution in [3.63, 3.8) is 0 Å². The van der Waals surface area contributed by atoms with Gasteiger partial charge in [0.05, 0.1) is 36.2 Å². The molecule has 1 aliphatic rings. The van der Waals surface area contributed by atoms with Crippen molar-refractivity contribution < 1.29 is 19.1 Å². The van der Waals surface area contributed by atoms with E-state index in [1.165, 1.54) is 0 Å². The normalized spacial score (nSPS) is 15.3. The Kier molecular flexibility index (Phi) is 7.73. The van der Waals surface area contributed by atoms with Crippen molar-refractivity contribution in [2.75, 3.05) is 44.9 Å². The first-order valence-corrected chi connectivity index (χ1v) is 10.4. The molecule has 0 bridgehead atoms. The number of hydrogen-bond donors (Lipinski definition) is 1. The topological polar surface area (TPSA) is 117 Å². The zero-order valence-corrected chi connectivity index (χ0v) is 17.8. The summed E-state index contributed by atoms with van der Waals surface area (Å²) in [7, 11) is 1.54. The number of rotatable bonds is 8. The minimum Gasteiger partial charge on any atom is -0.466 e. The molecule has 31 heavy (non-hydrogen) atoms. The molecule has 0 aliphatic carbocycles. The number of esters is 1. The van der Waals surface area contributed by atoms with E-state index in [0.717, 1.165) is 0 Å². The van der Waals surface area contributed by atoms with Crippen LogP contribution in [0.3, 0.4) is 0 Å². The van der Waals surface area contributed by atoms with Crippen LogP contribution in [0.15, 0.2) is 24.3 Å². The molecule has 1 amide bonds. The first kappa shape index (κ1) is 22.4. The number of ether oxygens (including phenoxy) is 2. The first-order chi connectivity index (χ1) is 15.1. The van der Waals surface area contributed by atoms with Crippen LogP contribution in [0.1, 0.15) is 31.4 Å². The number of hydrogen-bond acceptors (Lipinski definition) is 8. The lowest BCUT2D eigenvalue weighted by Gasteiger charge is -2.33. The van der Waals surface area contributed by atoms with Gasteiger partial charge in [0.25, 0.3) is 0 Å². The summed E-state index contributed by atoms with van der Waals surface area (Å²) < 4.78 is 10.1. The van der Waals surface area contributed by atoms with Crippen molar-refractivity contribution in [2.45, 2.75) is 25.7 Å². The van der Waals surface area contributed by atoms with Crippen LogP contribution in [0.5, 0.6) is 0 Å². The SMILES string of the molecule is CCOC(=O)C1CCN(c2nc3ccccc3nc2[C@H](C#N)C(=O)NCCOC)CC1. The number of benzene rings is 1. The van der Waals surface area contributed by atoms with Gasteiger partial charge in [0.2, 0.25) is 5.91 Å². The van der Waals surface area contributed by atoms with Crippen LogP contribution in [-0.4, -0.2) is 61.8 Å². The Bertz CT molecular complexity index is 966. The molecule has 0 unspecified atom stereocenters. The van der Waals surface area contributed by atoms with E-state index in [1.54, 1.807) is 20.1 Å². The highest BCUT2D eigenvalue weighted by molar-refractivity contribution is 5.89. The predicted octanol–water partition coefficient (Wildman–Crippen LogP) is 1.78. The Morgan fingerprint density at radius 3 is 2.55 bits per heavy atom. The number of fused-ring (bicyclic) bond motifs is 1. The second kappa shape index (κ2) is 10.7. The van der Waals surface area contributed by atoms with E-state index in [1.807, 2.05) is 23.1 Å². The summed E-state index contributed by atoms with van der Waals surface area (Å²) in [5, 5.41) is 12.5. The maximum atomic E-state index is 12.7. The number of piperidine rings is 1. The molecule has 0 saturated carbocycles. The molecular formula is C22H27N5O4. The molecule has 9 heteroatoms. The average molecular weight is 425 g/mol. The van der Waals surface area contributed by atoms with Crippen molar-refractivity contribution >= 4 is 28.7 Å². The van der Waals surface area contributed by atoms with Crippen LogP contribution in [0.25, 0.3) is 11.0 Å². The summed E-state index contributed by atoms with van der Waals surface area (Å²) in [5.74, 6) is -1.37. The summed E-state index contributed by atoms with van der Waals surface area (Å²) in [4.78, 5) is 36.2. The average Bonchev–Trinajstić information content (AvgIpc) is 2.79. The number of para-hydroxylation sites is 2. The van der Waals surface area contributed by atoms with Crippen molar-refractivity contribution in [3.8, 4) is 6.07 Å². The Morgan fingerprint density at radius 2 is 1.94 bits per heavy atom. The van der Waals surface area contributed by atoms with Crippen LogP contribution < -0.4 is 10.2 Å². The quantitative estimate of drug-likeness (QED) is 0.502. The molecule has 2 aromatic rings. The lowest BCUT2D eigenvalue weighted by molar-refractivity contribution is -0.148. The summed E-state index contributed by atoms with van der Waals surface area (Å²) in [6, 6.07) is 9.44. The van der Waals surface area contributed by atoms with E-state index in [0.29, 0.717) is 68.2 Å². The highest BCUT2D eigenvalue weighted by Gasteiger charge is 2.32. The highest BCUT2D eigenvalue weighted by atomic mass is 16.5. The lowest BCUT2D eigenvalue weighted by atomic mass is 9.96. The third-order valence-electron chi connectivity index (χ3n) is 5.26. The Hall–Kier alpha value is -3.25. The Morgan fingerprint density at radius 1 is 1.26 bits per heavy atom. The molecular weight excluding hydrogens is 398 g/mol. The smallest absolute Gasteiger partial charge is 0.309 e. The molecule has 1 aromatic carbocycles. The molecule has 2 heterocycles. The molecule has 9 nitrogen and oxygen atoms in total. The van der Waals surface area contributed by atoms with Crippen molar-refractivity contribution in [1.82, 2.24) is 15.3 Å². The maximum Gasteiger partial charge on any atom is 0.309 e. The fraction of sp³-hybridized carbons (Fsp3) is 0.500. The molecule has 3 rings (SSSR count). The van der Waals surface area contributed by atoms with Gasteiger partial charge >= 0.3 is 5.97 Å². The van der Waals surface area contributed by atoms with Crippen LogP contribution >= 0.6 is 0 Å². The predicted molar refractivity (Wildman–Crippen MR) is 114 cm³/mol. The molecule has 1 atom stereocenters. The van der Waals surface area contributed by atoms with Gasteiger partial charge in [-0.3, -0.25) is 9.59 Å². The number of nitrogens with one attached hydrogen (secondary N) is 1. The van der Waals surface area contributed by atoms with E-state index in [2.05, 4.69) is 16.4 Å². The highest BCUT2D eigenvalue weighted by Crippen LogP contribution is 2.30. The molecule has 1 saturated heterocycles. The Labute approximate surface area is 181 Å². The number of amides is 1. The molecule has 0 spiro atoms. The molecule has 1 aromatic heterocycles. The number of nitrogens with zero attached hydrogens (tertiary/aromatic N) is 4. The van der Waals surface area contributed by atoms with Gasteiger partial charge in [-0.25, -0.2) is 9.97 Å². The summed E-state index contributed by atoms with van der Waals surface area (Å²) in [6.07, 6.45) is 1.23.